The third-order valence-electron chi connectivity index (χ3n) is 6.06. The molecule has 14 heteroatoms. The Morgan fingerprint density at radius 1 is 1.35 bits per heavy atom. The molecule has 1 saturated carbocycles. The molecule has 34 heavy (non-hydrogen) atoms. The van der Waals surface area contributed by atoms with Gasteiger partial charge in [0.1, 0.15) is 23.4 Å². The number of carboxylic acids is 1. The first-order valence-electron chi connectivity index (χ1n) is 10.6. The number of aryl methyl sites for hydroxylation is 1. The third-order valence-corrected chi connectivity index (χ3v) is 8.37. The van der Waals surface area contributed by atoms with Crippen LogP contribution in [0.15, 0.2) is 33.9 Å². The predicted octanol–water partition coefficient (Wildman–Crippen LogP) is -0.776. The Kier molecular flexibility index (Phi) is 7.48. The molecular weight excluding hydrogens is 491 g/mol. The van der Waals surface area contributed by atoms with E-state index in [0.717, 1.165) is 18.4 Å². The fraction of sp³-hybridized carbons (Fsp3) is 0.500. The van der Waals surface area contributed by atoms with Gasteiger partial charge in [0.05, 0.1) is 5.75 Å². The Balaban J connectivity index is 0.00000274. The van der Waals surface area contributed by atoms with Gasteiger partial charge in [0.25, 0.3) is 5.91 Å². The second-order valence-electron chi connectivity index (χ2n) is 8.27. The van der Waals surface area contributed by atoms with Gasteiger partial charge in [-0.1, -0.05) is 11.8 Å². The predicted molar refractivity (Wildman–Crippen MR) is 126 cm³/mol. The van der Waals surface area contributed by atoms with Crippen LogP contribution in [-0.2, 0) is 26.2 Å². The molecule has 1 aliphatic carbocycles. The minimum absolute atomic E-state index is 0. The summed E-state index contributed by atoms with van der Waals surface area (Å²) in [7, 11) is 1.77. The van der Waals surface area contributed by atoms with Crippen molar-refractivity contribution in [2.24, 2.45) is 13.0 Å². The normalized spacial score (nSPS) is 25.3. The molecule has 3 amide bonds. The summed E-state index contributed by atoms with van der Waals surface area (Å²) in [5.74, 6) is -1.53. The van der Waals surface area contributed by atoms with Crippen molar-refractivity contribution in [1.82, 2.24) is 30.3 Å². The second kappa shape index (κ2) is 10.1. The van der Waals surface area contributed by atoms with Crippen molar-refractivity contribution in [3.05, 3.63) is 28.7 Å². The molecule has 1 aromatic heterocycles. The molecular formula is C20H23N6NaO5S2. The van der Waals surface area contributed by atoms with E-state index in [1.54, 1.807) is 11.6 Å². The summed E-state index contributed by atoms with van der Waals surface area (Å²) in [4.78, 5) is 51.2. The molecule has 4 heterocycles. The number of fused-ring (bicyclic) bond motifs is 1. The van der Waals surface area contributed by atoms with Crippen molar-refractivity contribution in [3.63, 3.8) is 0 Å². The van der Waals surface area contributed by atoms with Crippen molar-refractivity contribution in [3.8, 4) is 0 Å². The third kappa shape index (κ3) is 4.55. The molecule has 176 valence electrons. The topological polar surface area (TPSA) is 147 Å². The van der Waals surface area contributed by atoms with Gasteiger partial charge in [0, 0.05) is 24.9 Å². The summed E-state index contributed by atoms with van der Waals surface area (Å²) in [6.07, 6.45) is 3.91. The number of hydrogen-bond acceptors (Lipinski definition) is 8. The molecule has 0 bridgehead atoms. The molecule has 0 unspecified atom stereocenters. The molecule has 3 N–H and O–H groups in total. The molecule has 2 saturated heterocycles. The van der Waals surface area contributed by atoms with Crippen LogP contribution in [0.3, 0.4) is 0 Å². The van der Waals surface area contributed by atoms with Crippen LogP contribution in [0.1, 0.15) is 19.3 Å². The number of hydrogen-bond donors (Lipinski definition) is 3. The van der Waals surface area contributed by atoms with Crippen molar-refractivity contribution in [2.45, 2.75) is 35.8 Å². The van der Waals surface area contributed by atoms with E-state index in [0.29, 0.717) is 35.0 Å². The number of carboxylic acid groups (broad SMARTS) is 1. The Hall–Kier alpha value is -1.80. The molecule has 3 aliphatic heterocycles. The SMILES string of the molecule is Cn1cnnc1SCC(=O)N[C@@H]1C(=O)N2C(C(=O)O)=C(C(=C3CCNC3=O)C3CC3)CS[C@H]12.[NaH]. The first-order valence-corrected chi connectivity index (χ1v) is 12.6. The van der Waals surface area contributed by atoms with E-state index in [4.69, 9.17) is 0 Å². The maximum absolute atomic E-state index is 12.9. The number of thioether (sulfide) groups is 2. The summed E-state index contributed by atoms with van der Waals surface area (Å²) in [6.45, 7) is 0.541. The number of carbonyl (C=O) groups excluding carboxylic acids is 3. The van der Waals surface area contributed by atoms with E-state index in [9.17, 15) is 24.3 Å². The second-order valence-corrected chi connectivity index (χ2v) is 10.3. The Morgan fingerprint density at radius 2 is 2.12 bits per heavy atom. The molecule has 1 aromatic rings. The van der Waals surface area contributed by atoms with E-state index in [1.165, 1.54) is 34.8 Å². The fourth-order valence-corrected chi connectivity index (χ4v) is 6.46. The molecule has 4 aliphatic rings. The van der Waals surface area contributed by atoms with Crippen LogP contribution >= 0.6 is 23.5 Å². The van der Waals surface area contributed by atoms with E-state index in [-0.39, 0.29) is 58.7 Å². The monoisotopic (exact) mass is 514 g/mol. The van der Waals surface area contributed by atoms with Gasteiger partial charge in [-0.25, -0.2) is 4.79 Å². The van der Waals surface area contributed by atoms with Gasteiger partial charge in [-0.2, -0.15) is 0 Å². The molecule has 3 fully saturated rings. The zero-order valence-corrected chi connectivity index (χ0v) is 19.4. The van der Waals surface area contributed by atoms with Gasteiger partial charge < -0.3 is 20.3 Å². The van der Waals surface area contributed by atoms with Crippen LogP contribution in [-0.4, -0.2) is 107 Å². The molecule has 0 radical (unpaired) electrons. The number of aliphatic carboxylic acids is 1. The quantitative estimate of drug-likeness (QED) is 0.185. The molecule has 11 nitrogen and oxygen atoms in total. The van der Waals surface area contributed by atoms with Crippen molar-refractivity contribution < 1.29 is 24.3 Å². The summed E-state index contributed by atoms with van der Waals surface area (Å²) >= 11 is 2.62. The number of nitrogens with one attached hydrogen (secondary N) is 2. The summed E-state index contributed by atoms with van der Waals surface area (Å²) in [5.41, 5.74) is 1.95. The van der Waals surface area contributed by atoms with Gasteiger partial charge in [-0.15, -0.1) is 22.0 Å². The summed E-state index contributed by atoms with van der Waals surface area (Å²) in [5, 5.41) is 23.3. The Labute approximate surface area is 225 Å². The van der Waals surface area contributed by atoms with Gasteiger partial charge in [0.2, 0.25) is 11.8 Å². The van der Waals surface area contributed by atoms with E-state index >= 15 is 0 Å². The number of amides is 3. The van der Waals surface area contributed by atoms with E-state index < -0.39 is 23.3 Å². The van der Waals surface area contributed by atoms with Crippen molar-refractivity contribution in [2.75, 3.05) is 18.1 Å². The van der Waals surface area contributed by atoms with Gasteiger partial charge >= 0.3 is 35.5 Å². The van der Waals surface area contributed by atoms with Crippen molar-refractivity contribution in [1.29, 1.82) is 0 Å². The van der Waals surface area contributed by atoms with Gasteiger partial charge in [0.15, 0.2) is 5.16 Å². The Morgan fingerprint density at radius 3 is 2.71 bits per heavy atom. The maximum atomic E-state index is 12.9. The number of β-lactam (4-membered cyclic amide) rings is 1. The fourth-order valence-electron chi connectivity index (χ4n) is 4.40. The van der Waals surface area contributed by atoms with Crippen LogP contribution in [0.5, 0.6) is 0 Å². The first kappa shape index (κ1) is 25.3. The number of nitrogens with zero attached hydrogens (tertiary/aromatic N) is 4. The van der Waals surface area contributed by atoms with Gasteiger partial charge in [-0.3, -0.25) is 19.3 Å². The summed E-state index contributed by atoms with van der Waals surface area (Å²) < 4.78 is 1.69. The standard InChI is InChI=1S/C20H22N6O5S2.Na.H/c1-25-8-22-24-20(25)33-7-12(27)23-14-17(29)26-15(19(30)31)11(6-32-18(14)26)13(9-2-3-9)10-4-5-21-16(10)28;;/h8-9,14,18H,2-7H2,1H3,(H,21,28)(H,23,27)(H,30,31);;/t14-,18-;;/m1../s1. The average molecular weight is 515 g/mol. The zero-order valence-electron chi connectivity index (χ0n) is 17.7. The number of aromatic nitrogens is 3. The van der Waals surface area contributed by atoms with Crippen LogP contribution < -0.4 is 10.6 Å². The number of rotatable bonds is 7. The van der Waals surface area contributed by atoms with Crippen LogP contribution in [0.25, 0.3) is 0 Å². The number of allylic oxidation sites excluding steroid dienone is 1. The van der Waals surface area contributed by atoms with Gasteiger partial charge in [-0.05, 0) is 36.3 Å². The molecule has 0 spiro atoms. The van der Waals surface area contributed by atoms with Crippen LogP contribution in [0.2, 0.25) is 0 Å². The molecule has 5 rings (SSSR count). The minimum atomic E-state index is -1.19. The Bertz CT molecular complexity index is 1130. The summed E-state index contributed by atoms with van der Waals surface area (Å²) in [6, 6.07) is -0.787. The molecule has 0 aromatic carbocycles. The number of carbonyl (C=O) groups is 4. The zero-order chi connectivity index (χ0) is 23.3. The average Bonchev–Trinajstić information content (AvgIpc) is 3.41. The molecule has 2 atom stereocenters. The van der Waals surface area contributed by atoms with Crippen LogP contribution in [0.4, 0.5) is 0 Å². The first-order chi connectivity index (χ1) is 15.9. The van der Waals surface area contributed by atoms with Crippen molar-refractivity contribution >= 4 is 76.8 Å². The van der Waals surface area contributed by atoms with E-state index in [2.05, 4.69) is 20.8 Å². The van der Waals surface area contributed by atoms with Crippen LogP contribution in [0, 0.1) is 5.92 Å². The van der Waals surface area contributed by atoms with E-state index in [1.807, 2.05) is 0 Å².